The molecule has 0 atom stereocenters. The second-order valence-electron chi connectivity index (χ2n) is 2.29. The molecule has 0 saturated carbocycles. The predicted octanol–water partition coefficient (Wildman–Crippen LogP) is 0.626. The normalized spacial score (nSPS) is 9.45. The lowest BCUT2D eigenvalue weighted by Crippen LogP contribution is -1.96. The summed E-state index contributed by atoms with van der Waals surface area (Å²) in [5.74, 6) is 0.0439. The molecular formula is C8H9BO2. The van der Waals surface area contributed by atoms with Crippen molar-refractivity contribution >= 4 is 13.6 Å². The van der Waals surface area contributed by atoms with Gasteiger partial charge in [0, 0.05) is 0 Å². The minimum Gasteiger partial charge on any atom is -0.507 e. The van der Waals surface area contributed by atoms with Gasteiger partial charge in [-0.15, -0.1) is 0 Å². The highest BCUT2D eigenvalue weighted by atomic mass is 16.3. The van der Waals surface area contributed by atoms with Crippen LogP contribution in [0, 0.1) is 0 Å². The van der Waals surface area contributed by atoms with E-state index in [0.29, 0.717) is 11.9 Å². The molecule has 0 aliphatic heterocycles. The van der Waals surface area contributed by atoms with E-state index < -0.39 is 0 Å². The van der Waals surface area contributed by atoms with Gasteiger partial charge in [0.15, 0.2) is 5.78 Å². The van der Waals surface area contributed by atoms with Gasteiger partial charge in [-0.2, -0.15) is 0 Å². The van der Waals surface area contributed by atoms with E-state index >= 15 is 0 Å². The summed E-state index contributed by atoms with van der Waals surface area (Å²) in [6.45, 7) is 0. The Morgan fingerprint density at radius 2 is 2.09 bits per heavy atom. The van der Waals surface area contributed by atoms with E-state index in [2.05, 4.69) is 0 Å². The van der Waals surface area contributed by atoms with Crippen LogP contribution in [0.3, 0.4) is 0 Å². The summed E-state index contributed by atoms with van der Waals surface area (Å²) in [5, 5.41) is 9.19. The number of para-hydroxylation sites is 1. The van der Waals surface area contributed by atoms with Crippen molar-refractivity contribution in [2.75, 3.05) is 0 Å². The molecule has 1 rings (SSSR count). The first-order chi connectivity index (χ1) is 5.25. The third kappa shape index (κ3) is 1.61. The molecule has 3 heteroatoms. The van der Waals surface area contributed by atoms with Gasteiger partial charge in [0.2, 0.25) is 0 Å². The Balaban J connectivity index is 3.03. The van der Waals surface area contributed by atoms with Crippen molar-refractivity contribution in [3.05, 3.63) is 29.8 Å². The van der Waals surface area contributed by atoms with Gasteiger partial charge in [0.05, 0.1) is 5.56 Å². The predicted molar refractivity (Wildman–Crippen MR) is 45.8 cm³/mol. The van der Waals surface area contributed by atoms with Gasteiger partial charge in [0.25, 0.3) is 0 Å². The molecule has 0 fully saturated rings. The molecular weight excluding hydrogens is 139 g/mol. The molecule has 56 valence electrons. The highest BCUT2D eigenvalue weighted by Gasteiger charge is 2.06. The molecule has 1 aromatic carbocycles. The molecule has 2 nitrogen and oxygen atoms in total. The second-order valence-corrected chi connectivity index (χ2v) is 2.29. The van der Waals surface area contributed by atoms with Crippen LogP contribution in [0.5, 0.6) is 5.75 Å². The number of hydrogen-bond acceptors (Lipinski definition) is 2. The molecule has 0 spiro atoms. The van der Waals surface area contributed by atoms with Crippen LogP contribution in [0.1, 0.15) is 10.4 Å². The largest absolute Gasteiger partial charge is 0.507 e. The Morgan fingerprint density at radius 1 is 1.45 bits per heavy atom. The fourth-order valence-electron chi connectivity index (χ4n) is 0.900. The molecule has 0 aromatic heterocycles. The van der Waals surface area contributed by atoms with Gasteiger partial charge < -0.3 is 5.11 Å². The number of phenolic OH excluding ortho intramolecular Hbond substituents is 1. The average molecular weight is 148 g/mol. The van der Waals surface area contributed by atoms with Gasteiger partial charge in [-0.3, -0.25) is 4.79 Å². The number of carbonyl (C=O) groups excluding carboxylic acids is 1. The summed E-state index contributed by atoms with van der Waals surface area (Å²) in [7, 11) is 1.77. The third-order valence-corrected chi connectivity index (χ3v) is 1.53. The van der Waals surface area contributed by atoms with Gasteiger partial charge in [-0.25, -0.2) is 0 Å². The number of ketones is 1. The zero-order valence-electron chi connectivity index (χ0n) is 6.37. The lowest BCUT2D eigenvalue weighted by atomic mass is 9.95. The number of benzene rings is 1. The van der Waals surface area contributed by atoms with Crippen LogP contribution in [0.25, 0.3) is 0 Å². The van der Waals surface area contributed by atoms with Crippen LogP contribution >= 0.6 is 0 Å². The summed E-state index contributed by atoms with van der Waals surface area (Å²) in [6.07, 6.45) is 0.428. The maximum absolute atomic E-state index is 11.1. The molecule has 11 heavy (non-hydrogen) atoms. The molecule has 0 unspecified atom stereocenters. The van der Waals surface area contributed by atoms with Crippen molar-refractivity contribution in [2.24, 2.45) is 0 Å². The van der Waals surface area contributed by atoms with E-state index in [1.54, 1.807) is 26.0 Å². The lowest BCUT2D eigenvalue weighted by Gasteiger charge is -1.99. The lowest BCUT2D eigenvalue weighted by molar-refractivity contribution is 0.101. The first kappa shape index (κ1) is 7.86. The monoisotopic (exact) mass is 148 g/mol. The van der Waals surface area contributed by atoms with Crippen LogP contribution in [-0.4, -0.2) is 18.7 Å². The van der Waals surface area contributed by atoms with Gasteiger partial charge in [-0.1, -0.05) is 12.1 Å². The number of Topliss-reactive ketones (excluding diaryl/α,β-unsaturated/α-hetero) is 1. The maximum Gasteiger partial charge on any atom is 0.158 e. The highest BCUT2D eigenvalue weighted by Crippen LogP contribution is 2.16. The molecule has 0 aliphatic rings. The first-order valence-corrected chi connectivity index (χ1v) is 3.57. The molecule has 0 aliphatic carbocycles. The topological polar surface area (TPSA) is 37.3 Å². The smallest absolute Gasteiger partial charge is 0.158 e. The number of rotatable bonds is 2. The Kier molecular flexibility index (Phi) is 2.31. The molecule has 0 amide bonds. The summed E-state index contributed by atoms with van der Waals surface area (Å²) in [5.41, 5.74) is 0.412. The van der Waals surface area contributed by atoms with E-state index in [9.17, 15) is 9.90 Å². The summed E-state index contributed by atoms with van der Waals surface area (Å²) in [4.78, 5) is 11.1. The summed E-state index contributed by atoms with van der Waals surface area (Å²) < 4.78 is 0. The number of hydrogen-bond donors (Lipinski definition) is 1. The van der Waals surface area contributed by atoms with Crippen LogP contribution in [0.15, 0.2) is 24.3 Å². The van der Waals surface area contributed by atoms with E-state index in [1.165, 1.54) is 6.07 Å². The Bertz CT molecular complexity index is 271. The minimum atomic E-state index is -0.0249. The molecule has 0 bridgehead atoms. The van der Waals surface area contributed by atoms with E-state index in [-0.39, 0.29) is 11.5 Å². The first-order valence-electron chi connectivity index (χ1n) is 3.57. The highest BCUT2D eigenvalue weighted by molar-refractivity contribution is 6.24. The summed E-state index contributed by atoms with van der Waals surface area (Å²) in [6, 6.07) is 6.58. The zero-order chi connectivity index (χ0) is 8.27. The number of aromatic hydroxyl groups is 1. The quantitative estimate of drug-likeness (QED) is 0.493. The van der Waals surface area contributed by atoms with Crippen LogP contribution in [0.2, 0.25) is 6.32 Å². The van der Waals surface area contributed by atoms with Gasteiger partial charge in [0.1, 0.15) is 13.6 Å². The van der Waals surface area contributed by atoms with Crippen molar-refractivity contribution < 1.29 is 9.90 Å². The fourth-order valence-corrected chi connectivity index (χ4v) is 0.900. The van der Waals surface area contributed by atoms with Crippen LogP contribution in [-0.2, 0) is 0 Å². The maximum atomic E-state index is 11.1. The zero-order valence-corrected chi connectivity index (χ0v) is 6.37. The molecule has 0 radical (unpaired) electrons. The van der Waals surface area contributed by atoms with Crippen molar-refractivity contribution in [3.8, 4) is 5.75 Å². The van der Waals surface area contributed by atoms with E-state index in [0.717, 1.165) is 0 Å². The Labute approximate surface area is 66.3 Å². The van der Waals surface area contributed by atoms with Gasteiger partial charge in [-0.05, 0) is 18.5 Å². The Morgan fingerprint density at radius 3 is 2.64 bits per heavy atom. The number of carbonyl (C=O) groups is 1. The fraction of sp³-hybridized carbons (Fsp3) is 0.125. The number of phenols is 1. The third-order valence-electron chi connectivity index (χ3n) is 1.53. The van der Waals surface area contributed by atoms with Gasteiger partial charge >= 0.3 is 0 Å². The van der Waals surface area contributed by atoms with Crippen molar-refractivity contribution in [1.29, 1.82) is 0 Å². The molecule has 0 saturated heterocycles. The summed E-state index contributed by atoms with van der Waals surface area (Å²) >= 11 is 0. The standard InChI is InChI=1S/C8H9BO2/c9-5-8(11)6-3-1-2-4-7(6)10/h1-4,10H,5,9H2. The molecule has 0 heterocycles. The molecule has 1 aromatic rings. The Hall–Kier alpha value is -1.25. The van der Waals surface area contributed by atoms with E-state index in [4.69, 9.17) is 0 Å². The minimum absolute atomic E-state index is 0.0249. The second kappa shape index (κ2) is 3.24. The molecule has 1 N–H and O–H groups in total. The van der Waals surface area contributed by atoms with Crippen molar-refractivity contribution in [3.63, 3.8) is 0 Å². The van der Waals surface area contributed by atoms with E-state index in [1.807, 2.05) is 0 Å². The van der Waals surface area contributed by atoms with Crippen molar-refractivity contribution in [1.82, 2.24) is 0 Å². The van der Waals surface area contributed by atoms with Crippen LogP contribution < -0.4 is 0 Å². The van der Waals surface area contributed by atoms with Crippen molar-refractivity contribution in [2.45, 2.75) is 6.32 Å². The van der Waals surface area contributed by atoms with Crippen LogP contribution in [0.4, 0.5) is 0 Å². The SMILES string of the molecule is BCC(=O)c1ccccc1O. The average Bonchev–Trinajstić information content (AvgIpc) is 2.04.